The summed E-state index contributed by atoms with van der Waals surface area (Å²) >= 11 is 0. The number of nitrogens with zero attached hydrogens (tertiary/aromatic N) is 2. The molecular formula is C7H13ClN3. The molecule has 0 spiro atoms. The molecule has 0 saturated carbocycles. The van der Waals surface area contributed by atoms with E-state index in [0.717, 1.165) is 5.70 Å². The largest absolute Gasteiger partial charge is 0.299 e. The first-order valence-corrected chi connectivity index (χ1v) is 3.26. The molecule has 1 rings (SSSR count). The van der Waals surface area contributed by atoms with Crippen molar-refractivity contribution in [1.82, 2.24) is 0 Å². The lowest BCUT2D eigenvalue weighted by molar-refractivity contribution is 0.497. The maximum atomic E-state index is 5.40. The fourth-order valence-corrected chi connectivity index (χ4v) is 0.676. The lowest BCUT2D eigenvalue weighted by Crippen LogP contribution is -2.07. The fraction of sp³-hybridized carbons (Fsp3) is 0.571. The number of hydrogen-bond donors (Lipinski definition) is 1. The third-order valence-corrected chi connectivity index (χ3v) is 1.33. The van der Waals surface area contributed by atoms with E-state index in [1.165, 1.54) is 0 Å². The normalized spacial score (nSPS) is 18.0. The molecule has 2 N–H and O–H groups in total. The average Bonchev–Trinajstić information content (AvgIpc) is 2.11. The lowest BCUT2D eigenvalue weighted by atomic mass is 9.92. The molecule has 0 atom stereocenters. The second kappa shape index (κ2) is 3.32. The summed E-state index contributed by atoms with van der Waals surface area (Å²) in [5, 5.41) is 7.62. The van der Waals surface area contributed by atoms with E-state index >= 15 is 0 Å². The Labute approximate surface area is 73.2 Å². The predicted octanol–water partition coefficient (Wildman–Crippen LogP) is 2.25. The molecule has 3 nitrogen and oxygen atoms in total. The van der Waals surface area contributed by atoms with Gasteiger partial charge in [0.15, 0.2) is 6.17 Å². The summed E-state index contributed by atoms with van der Waals surface area (Å²) in [4.78, 5) is 0. The van der Waals surface area contributed by atoms with Gasteiger partial charge in [0.25, 0.3) is 0 Å². The SMILES string of the molecule is CC(C)(C)C1=C[C](N)N=N1.Cl. The second-order valence-corrected chi connectivity index (χ2v) is 3.40. The summed E-state index contributed by atoms with van der Waals surface area (Å²) in [6.07, 6.45) is 2.31. The Morgan fingerprint density at radius 3 is 2.00 bits per heavy atom. The molecular weight excluding hydrogens is 162 g/mol. The van der Waals surface area contributed by atoms with Crippen molar-refractivity contribution < 1.29 is 0 Å². The van der Waals surface area contributed by atoms with Crippen LogP contribution in [0.4, 0.5) is 0 Å². The summed E-state index contributed by atoms with van der Waals surface area (Å²) in [6.45, 7) is 6.24. The molecule has 0 amide bonds. The molecule has 1 aliphatic heterocycles. The first-order valence-electron chi connectivity index (χ1n) is 3.26. The summed E-state index contributed by atoms with van der Waals surface area (Å²) in [5.41, 5.74) is 6.41. The van der Waals surface area contributed by atoms with E-state index in [2.05, 4.69) is 31.0 Å². The minimum Gasteiger partial charge on any atom is -0.299 e. The van der Waals surface area contributed by atoms with E-state index in [9.17, 15) is 0 Å². The van der Waals surface area contributed by atoms with Crippen LogP contribution in [0.25, 0.3) is 0 Å². The van der Waals surface area contributed by atoms with Gasteiger partial charge in [-0.3, -0.25) is 5.73 Å². The third kappa shape index (κ3) is 2.60. The highest BCUT2D eigenvalue weighted by Crippen LogP contribution is 2.31. The molecule has 11 heavy (non-hydrogen) atoms. The van der Waals surface area contributed by atoms with Gasteiger partial charge in [0.2, 0.25) is 0 Å². The molecule has 0 aromatic carbocycles. The van der Waals surface area contributed by atoms with Gasteiger partial charge >= 0.3 is 0 Å². The van der Waals surface area contributed by atoms with Crippen LogP contribution in [0.15, 0.2) is 22.0 Å². The van der Waals surface area contributed by atoms with Gasteiger partial charge < -0.3 is 0 Å². The number of hydrogen-bond acceptors (Lipinski definition) is 3. The molecule has 0 bridgehead atoms. The van der Waals surface area contributed by atoms with Crippen LogP contribution < -0.4 is 5.73 Å². The average molecular weight is 175 g/mol. The second-order valence-electron chi connectivity index (χ2n) is 3.40. The van der Waals surface area contributed by atoms with Crippen molar-refractivity contribution in [3.63, 3.8) is 0 Å². The zero-order valence-corrected chi connectivity index (χ0v) is 7.77. The van der Waals surface area contributed by atoms with E-state index in [1.807, 2.05) is 0 Å². The van der Waals surface area contributed by atoms with E-state index in [4.69, 9.17) is 5.73 Å². The Morgan fingerprint density at radius 2 is 1.82 bits per heavy atom. The van der Waals surface area contributed by atoms with E-state index < -0.39 is 0 Å². The standard InChI is InChI=1S/C7H12N3.ClH/c1-7(2,3)5-4-6(8)10-9-5;/h4H,8H2,1-3H3;1H. The molecule has 1 radical (unpaired) electrons. The molecule has 63 valence electrons. The van der Waals surface area contributed by atoms with Crippen LogP contribution in [0.1, 0.15) is 20.8 Å². The van der Waals surface area contributed by atoms with Crippen molar-refractivity contribution in [2.24, 2.45) is 21.4 Å². The molecule has 1 aliphatic rings. The summed E-state index contributed by atoms with van der Waals surface area (Å²) in [5.74, 6) is 0. The van der Waals surface area contributed by atoms with E-state index in [1.54, 1.807) is 6.08 Å². The molecule has 0 aromatic rings. The van der Waals surface area contributed by atoms with Crippen molar-refractivity contribution in [2.45, 2.75) is 20.8 Å². The molecule has 0 aliphatic carbocycles. The minimum absolute atomic E-state index is 0. The van der Waals surface area contributed by atoms with Crippen molar-refractivity contribution in [3.05, 3.63) is 17.9 Å². The minimum atomic E-state index is 0. The monoisotopic (exact) mass is 174 g/mol. The smallest absolute Gasteiger partial charge is 0.194 e. The van der Waals surface area contributed by atoms with Gasteiger partial charge in [-0.25, -0.2) is 0 Å². The van der Waals surface area contributed by atoms with Gasteiger partial charge in [0.1, 0.15) is 0 Å². The quantitative estimate of drug-likeness (QED) is 0.602. The first-order chi connectivity index (χ1) is 4.50. The van der Waals surface area contributed by atoms with Crippen LogP contribution in [-0.2, 0) is 0 Å². The summed E-state index contributed by atoms with van der Waals surface area (Å²) in [7, 11) is 0. The van der Waals surface area contributed by atoms with Gasteiger partial charge in [-0.15, -0.1) is 12.4 Å². The fourth-order valence-electron chi connectivity index (χ4n) is 0.676. The number of nitrogens with two attached hydrogens (primary N) is 1. The van der Waals surface area contributed by atoms with Gasteiger partial charge in [-0.05, 0) is 6.08 Å². The number of azo groups is 1. The van der Waals surface area contributed by atoms with Gasteiger partial charge in [0.05, 0.1) is 5.70 Å². The van der Waals surface area contributed by atoms with E-state index in [0.29, 0.717) is 6.17 Å². The highest BCUT2D eigenvalue weighted by atomic mass is 35.5. The molecule has 0 unspecified atom stereocenters. The zero-order chi connectivity index (χ0) is 7.78. The van der Waals surface area contributed by atoms with Crippen molar-refractivity contribution in [1.29, 1.82) is 0 Å². The zero-order valence-electron chi connectivity index (χ0n) is 6.96. The van der Waals surface area contributed by atoms with Gasteiger partial charge in [-0.2, -0.15) is 10.2 Å². The van der Waals surface area contributed by atoms with Gasteiger partial charge in [-0.1, -0.05) is 20.8 Å². The third-order valence-electron chi connectivity index (χ3n) is 1.33. The highest BCUT2D eigenvalue weighted by molar-refractivity contribution is 5.85. The molecule has 0 aromatic heterocycles. The van der Waals surface area contributed by atoms with Crippen LogP contribution in [0.5, 0.6) is 0 Å². The number of rotatable bonds is 0. The van der Waals surface area contributed by atoms with Crippen LogP contribution in [0.3, 0.4) is 0 Å². The Hall–Kier alpha value is -0.410. The van der Waals surface area contributed by atoms with Crippen LogP contribution in [0, 0.1) is 11.6 Å². The van der Waals surface area contributed by atoms with Crippen molar-refractivity contribution >= 4 is 12.4 Å². The molecule has 0 saturated heterocycles. The van der Waals surface area contributed by atoms with Crippen LogP contribution >= 0.6 is 12.4 Å². The lowest BCUT2D eigenvalue weighted by Gasteiger charge is -2.15. The summed E-state index contributed by atoms with van der Waals surface area (Å²) < 4.78 is 0. The first kappa shape index (κ1) is 10.6. The Morgan fingerprint density at radius 1 is 1.27 bits per heavy atom. The topological polar surface area (TPSA) is 50.7 Å². The van der Waals surface area contributed by atoms with Crippen LogP contribution in [-0.4, -0.2) is 0 Å². The van der Waals surface area contributed by atoms with Crippen molar-refractivity contribution in [2.75, 3.05) is 0 Å². The number of allylic oxidation sites excluding steroid dienone is 1. The van der Waals surface area contributed by atoms with E-state index in [-0.39, 0.29) is 17.8 Å². The highest BCUT2D eigenvalue weighted by Gasteiger charge is 2.21. The molecule has 1 heterocycles. The Balaban J connectivity index is 0.000001000. The molecule has 4 heteroatoms. The van der Waals surface area contributed by atoms with Crippen molar-refractivity contribution in [3.8, 4) is 0 Å². The predicted molar refractivity (Wildman–Crippen MR) is 47.1 cm³/mol. The van der Waals surface area contributed by atoms with Crippen LogP contribution in [0.2, 0.25) is 0 Å². The van der Waals surface area contributed by atoms with Gasteiger partial charge in [0, 0.05) is 5.41 Å². The maximum absolute atomic E-state index is 5.40. The summed E-state index contributed by atoms with van der Waals surface area (Å²) in [6, 6.07) is 0. The Bertz CT molecular complexity index is 190. The maximum Gasteiger partial charge on any atom is 0.194 e. The molecule has 0 fully saturated rings. The Kier molecular flexibility index (Phi) is 3.20. The number of halogens is 1.